The molecule has 3 rings (SSSR count). The Morgan fingerprint density at radius 2 is 1.72 bits per heavy atom. The molecule has 1 heterocycles. The Morgan fingerprint density at radius 3 is 2.44 bits per heavy atom. The van der Waals surface area contributed by atoms with Gasteiger partial charge in [-0.15, -0.1) is 0 Å². The zero-order valence-corrected chi connectivity index (χ0v) is 9.44. The predicted molar refractivity (Wildman–Crippen MR) is 70.3 cm³/mol. The van der Waals surface area contributed by atoms with Gasteiger partial charge in [-0.3, -0.25) is 0 Å². The molecule has 1 aromatic heterocycles. The molecular formula is C13H11FN4. The van der Waals surface area contributed by atoms with E-state index in [-0.39, 0.29) is 11.2 Å². The Kier molecular flexibility index (Phi) is 2.19. The number of hydrogen-bond acceptors (Lipinski definition) is 3. The molecule has 0 spiro atoms. The number of nitrogen functional groups attached to an aromatic ring is 2. The maximum absolute atomic E-state index is 13.8. The van der Waals surface area contributed by atoms with Crippen LogP contribution in [0, 0.1) is 5.82 Å². The molecule has 0 saturated heterocycles. The highest BCUT2D eigenvalue weighted by molar-refractivity contribution is 5.83. The molecule has 90 valence electrons. The summed E-state index contributed by atoms with van der Waals surface area (Å²) in [6, 6.07) is 10.4. The first-order valence-electron chi connectivity index (χ1n) is 5.45. The van der Waals surface area contributed by atoms with Crippen molar-refractivity contribution in [1.29, 1.82) is 0 Å². The van der Waals surface area contributed by atoms with Crippen molar-refractivity contribution in [2.24, 2.45) is 0 Å². The summed E-state index contributed by atoms with van der Waals surface area (Å²) in [6.45, 7) is 0. The van der Waals surface area contributed by atoms with Gasteiger partial charge in [-0.05, 0) is 36.4 Å². The third-order valence-corrected chi connectivity index (χ3v) is 2.81. The number of benzene rings is 2. The fraction of sp³-hybridized carbons (Fsp3) is 0. The van der Waals surface area contributed by atoms with Crippen LogP contribution >= 0.6 is 0 Å². The summed E-state index contributed by atoms with van der Waals surface area (Å²) in [6.07, 6.45) is 0. The molecule has 0 unspecified atom stereocenters. The number of imidazole rings is 1. The van der Waals surface area contributed by atoms with Crippen LogP contribution in [-0.4, -0.2) is 9.97 Å². The molecule has 0 atom stereocenters. The summed E-state index contributed by atoms with van der Waals surface area (Å²) in [5.74, 6) is 0.0972. The molecular weight excluding hydrogens is 231 g/mol. The molecule has 5 heteroatoms. The monoisotopic (exact) mass is 242 g/mol. The van der Waals surface area contributed by atoms with Gasteiger partial charge in [0.25, 0.3) is 0 Å². The normalized spacial score (nSPS) is 10.9. The number of nitrogens with zero attached hydrogens (tertiary/aromatic N) is 1. The van der Waals surface area contributed by atoms with Crippen LogP contribution < -0.4 is 11.5 Å². The number of aromatic amines is 1. The Hall–Kier alpha value is -2.56. The fourth-order valence-electron chi connectivity index (χ4n) is 1.84. The molecule has 0 aliphatic heterocycles. The first-order valence-corrected chi connectivity index (χ1v) is 5.45. The van der Waals surface area contributed by atoms with E-state index in [1.807, 2.05) is 12.1 Å². The smallest absolute Gasteiger partial charge is 0.173 e. The van der Waals surface area contributed by atoms with E-state index in [0.717, 1.165) is 5.56 Å². The standard InChI is InChI=1S/C13H11FN4/c14-11-9(16)5-6-10-12(11)18-13(17-10)7-1-3-8(15)4-2-7/h1-6H,15-16H2,(H,17,18). The van der Waals surface area contributed by atoms with Crippen molar-refractivity contribution in [3.63, 3.8) is 0 Å². The molecule has 0 amide bonds. The third kappa shape index (κ3) is 1.57. The minimum Gasteiger partial charge on any atom is -0.399 e. The number of H-pyrrole nitrogens is 1. The number of halogens is 1. The number of nitrogens with two attached hydrogens (primary N) is 2. The van der Waals surface area contributed by atoms with E-state index in [9.17, 15) is 4.39 Å². The molecule has 18 heavy (non-hydrogen) atoms. The van der Waals surface area contributed by atoms with Crippen molar-refractivity contribution >= 4 is 22.4 Å². The Bertz CT molecular complexity index is 716. The summed E-state index contributed by atoms with van der Waals surface area (Å²) in [7, 11) is 0. The highest BCUT2D eigenvalue weighted by Gasteiger charge is 2.11. The summed E-state index contributed by atoms with van der Waals surface area (Å²) >= 11 is 0. The second-order valence-electron chi connectivity index (χ2n) is 4.07. The van der Waals surface area contributed by atoms with Crippen LogP contribution in [0.3, 0.4) is 0 Å². The van der Waals surface area contributed by atoms with E-state index in [0.29, 0.717) is 17.0 Å². The second kappa shape index (κ2) is 3.73. The molecule has 0 saturated carbocycles. The minimum atomic E-state index is -0.495. The zero-order chi connectivity index (χ0) is 12.7. The first kappa shape index (κ1) is 10.6. The lowest BCUT2D eigenvalue weighted by Gasteiger charge is -1.96. The Morgan fingerprint density at radius 1 is 1.00 bits per heavy atom. The van der Waals surface area contributed by atoms with E-state index >= 15 is 0 Å². The number of fused-ring (bicyclic) bond motifs is 1. The van der Waals surface area contributed by atoms with E-state index in [1.54, 1.807) is 18.2 Å². The summed E-state index contributed by atoms with van der Waals surface area (Å²) < 4.78 is 13.8. The van der Waals surface area contributed by atoms with Crippen LogP contribution in [0.15, 0.2) is 36.4 Å². The molecule has 0 radical (unpaired) electrons. The van der Waals surface area contributed by atoms with Crippen molar-refractivity contribution in [3.8, 4) is 11.4 Å². The molecule has 2 aromatic carbocycles. The van der Waals surface area contributed by atoms with Gasteiger partial charge in [0, 0.05) is 11.3 Å². The number of rotatable bonds is 1. The average Bonchev–Trinajstić information content (AvgIpc) is 2.80. The van der Waals surface area contributed by atoms with Crippen LogP contribution in [0.5, 0.6) is 0 Å². The molecule has 0 fully saturated rings. The van der Waals surface area contributed by atoms with Gasteiger partial charge in [0.1, 0.15) is 11.3 Å². The van der Waals surface area contributed by atoms with E-state index in [4.69, 9.17) is 11.5 Å². The number of hydrogen-bond donors (Lipinski definition) is 3. The lowest BCUT2D eigenvalue weighted by Crippen LogP contribution is -1.90. The molecule has 0 bridgehead atoms. The number of nitrogens with one attached hydrogen (secondary N) is 1. The van der Waals surface area contributed by atoms with E-state index in [2.05, 4.69) is 9.97 Å². The van der Waals surface area contributed by atoms with Crippen LogP contribution in [0.25, 0.3) is 22.4 Å². The maximum Gasteiger partial charge on any atom is 0.173 e. The van der Waals surface area contributed by atoms with Crippen molar-refractivity contribution in [1.82, 2.24) is 9.97 Å². The minimum absolute atomic E-state index is 0.0952. The highest BCUT2D eigenvalue weighted by atomic mass is 19.1. The molecule has 3 aromatic rings. The summed E-state index contributed by atoms with van der Waals surface area (Å²) in [5, 5.41) is 0. The van der Waals surface area contributed by atoms with Crippen LogP contribution in [0.1, 0.15) is 0 Å². The number of aromatic nitrogens is 2. The second-order valence-corrected chi connectivity index (χ2v) is 4.07. The predicted octanol–water partition coefficient (Wildman–Crippen LogP) is 2.53. The van der Waals surface area contributed by atoms with Gasteiger partial charge in [-0.25, -0.2) is 9.37 Å². The van der Waals surface area contributed by atoms with Gasteiger partial charge >= 0.3 is 0 Å². The molecule has 0 aliphatic rings. The quantitative estimate of drug-likeness (QED) is 0.573. The van der Waals surface area contributed by atoms with Crippen molar-refractivity contribution < 1.29 is 4.39 Å². The van der Waals surface area contributed by atoms with Gasteiger partial charge in [-0.2, -0.15) is 0 Å². The van der Waals surface area contributed by atoms with Gasteiger partial charge in [0.2, 0.25) is 0 Å². The largest absolute Gasteiger partial charge is 0.399 e. The van der Waals surface area contributed by atoms with E-state index < -0.39 is 5.82 Å². The van der Waals surface area contributed by atoms with Crippen molar-refractivity contribution in [2.45, 2.75) is 0 Å². The van der Waals surface area contributed by atoms with Gasteiger partial charge in [0.05, 0.1) is 11.2 Å². The van der Waals surface area contributed by atoms with E-state index in [1.165, 1.54) is 6.07 Å². The number of anilines is 2. The van der Waals surface area contributed by atoms with Crippen LogP contribution in [0.4, 0.5) is 15.8 Å². The SMILES string of the molecule is Nc1ccc(-c2nc3c(F)c(N)ccc3[nH]2)cc1. The zero-order valence-electron chi connectivity index (χ0n) is 9.44. The Balaban J connectivity index is 2.19. The van der Waals surface area contributed by atoms with Gasteiger partial charge in [0.15, 0.2) is 5.82 Å². The van der Waals surface area contributed by atoms with Crippen molar-refractivity contribution in [2.75, 3.05) is 11.5 Å². The fourth-order valence-corrected chi connectivity index (χ4v) is 1.84. The lowest BCUT2D eigenvalue weighted by molar-refractivity contribution is 0.642. The van der Waals surface area contributed by atoms with Crippen LogP contribution in [0.2, 0.25) is 0 Å². The summed E-state index contributed by atoms with van der Waals surface area (Å²) in [5.41, 5.74) is 13.6. The lowest BCUT2D eigenvalue weighted by atomic mass is 10.2. The van der Waals surface area contributed by atoms with Crippen molar-refractivity contribution in [3.05, 3.63) is 42.2 Å². The third-order valence-electron chi connectivity index (χ3n) is 2.81. The summed E-state index contributed by atoms with van der Waals surface area (Å²) in [4.78, 5) is 7.27. The maximum atomic E-state index is 13.8. The topological polar surface area (TPSA) is 80.7 Å². The van der Waals surface area contributed by atoms with Gasteiger partial charge in [-0.1, -0.05) is 0 Å². The average molecular weight is 242 g/mol. The highest BCUT2D eigenvalue weighted by Crippen LogP contribution is 2.25. The molecule has 5 N–H and O–H groups in total. The van der Waals surface area contributed by atoms with Crippen LogP contribution in [-0.2, 0) is 0 Å². The Labute approximate surface area is 102 Å². The van der Waals surface area contributed by atoms with Gasteiger partial charge < -0.3 is 16.5 Å². The molecule has 0 aliphatic carbocycles. The first-order chi connectivity index (χ1) is 8.65. The molecule has 4 nitrogen and oxygen atoms in total.